The SMILES string of the molecule is CCCNC(=O)N1C[C@H]2[C@@H](c3ccccc31)[C@@H](CO)N2C(=O)Nc1ccccc1. The molecule has 0 unspecified atom stereocenters. The van der Waals surface area contributed by atoms with Crippen LogP contribution in [0.15, 0.2) is 54.6 Å². The van der Waals surface area contributed by atoms with E-state index in [0.717, 1.165) is 17.7 Å². The molecule has 2 aliphatic rings. The summed E-state index contributed by atoms with van der Waals surface area (Å²) in [6.07, 6.45) is 0.853. The minimum atomic E-state index is -0.314. The molecule has 4 amide bonds. The number of carbonyl (C=O) groups is 2. The molecule has 2 heterocycles. The van der Waals surface area contributed by atoms with E-state index in [-0.39, 0.29) is 36.7 Å². The minimum Gasteiger partial charge on any atom is -0.394 e. The summed E-state index contributed by atoms with van der Waals surface area (Å²) in [5.74, 6) is 0.00736. The number of carbonyl (C=O) groups excluding carboxylic acids is 2. The van der Waals surface area contributed by atoms with Crippen molar-refractivity contribution >= 4 is 23.4 Å². The molecule has 7 heteroatoms. The van der Waals surface area contributed by atoms with Crippen molar-refractivity contribution in [1.82, 2.24) is 10.2 Å². The zero-order valence-electron chi connectivity index (χ0n) is 16.4. The van der Waals surface area contributed by atoms with Crippen molar-refractivity contribution in [1.29, 1.82) is 0 Å². The first-order valence-electron chi connectivity index (χ1n) is 10.0. The molecule has 0 aromatic heterocycles. The second-order valence-corrected chi connectivity index (χ2v) is 7.45. The molecule has 3 atom stereocenters. The molecule has 0 spiro atoms. The van der Waals surface area contributed by atoms with Crippen molar-refractivity contribution in [3.05, 3.63) is 60.2 Å². The first-order valence-corrected chi connectivity index (χ1v) is 10.0. The summed E-state index contributed by atoms with van der Waals surface area (Å²) >= 11 is 0. The second-order valence-electron chi connectivity index (χ2n) is 7.45. The van der Waals surface area contributed by atoms with E-state index in [1.165, 1.54) is 0 Å². The third kappa shape index (κ3) is 3.42. The minimum absolute atomic E-state index is 0.00736. The summed E-state index contributed by atoms with van der Waals surface area (Å²) in [6.45, 7) is 2.88. The number of aliphatic hydroxyl groups is 1. The lowest BCUT2D eigenvalue weighted by Gasteiger charge is -2.58. The number of para-hydroxylation sites is 2. The molecule has 1 saturated heterocycles. The number of hydrogen-bond donors (Lipinski definition) is 3. The smallest absolute Gasteiger partial charge is 0.322 e. The van der Waals surface area contributed by atoms with E-state index in [0.29, 0.717) is 18.8 Å². The Morgan fingerprint density at radius 3 is 2.52 bits per heavy atom. The van der Waals surface area contributed by atoms with Crippen molar-refractivity contribution < 1.29 is 14.7 Å². The summed E-state index contributed by atoms with van der Waals surface area (Å²) in [4.78, 5) is 29.1. The summed E-state index contributed by atoms with van der Waals surface area (Å²) < 4.78 is 0. The fourth-order valence-corrected chi connectivity index (χ4v) is 4.40. The zero-order chi connectivity index (χ0) is 20.4. The van der Waals surface area contributed by atoms with Crippen LogP contribution >= 0.6 is 0 Å². The van der Waals surface area contributed by atoms with Crippen LogP contribution in [0.25, 0.3) is 0 Å². The van der Waals surface area contributed by atoms with E-state index in [1.807, 2.05) is 61.5 Å². The number of likely N-dealkylation sites (tertiary alicyclic amines) is 1. The Hall–Kier alpha value is -3.06. The Morgan fingerprint density at radius 1 is 1.07 bits per heavy atom. The fraction of sp³-hybridized carbons (Fsp3) is 0.364. The van der Waals surface area contributed by atoms with Crippen LogP contribution in [0, 0.1) is 0 Å². The number of nitrogens with zero attached hydrogens (tertiary/aromatic N) is 2. The maximum Gasteiger partial charge on any atom is 0.322 e. The summed E-state index contributed by atoms with van der Waals surface area (Å²) in [6, 6.07) is 16.1. The molecule has 4 rings (SSSR count). The van der Waals surface area contributed by atoms with Gasteiger partial charge >= 0.3 is 12.1 Å². The molecule has 152 valence electrons. The first kappa shape index (κ1) is 19.3. The molecular weight excluding hydrogens is 368 g/mol. The number of benzene rings is 2. The van der Waals surface area contributed by atoms with Gasteiger partial charge in [0.15, 0.2) is 0 Å². The number of amides is 4. The second kappa shape index (κ2) is 8.13. The quantitative estimate of drug-likeness (QED) is 0.745. The molecule has 0 aliphatic carbocycles. The van der Waals surface area contributed by atoms with Gasteiger partial charge < -0.3 is 20.6 Å². The van der Waals surface area contributed by atoms with Crippen LogP contribution in [0.5, 0.6) is 0 Å². The molecule has 0 bridgehead atoms. The highest BCUT2D eigenvalue weighted by atomic mass is 16.3. The van der Waals surface area contributed by atoms with Crippen molar-refractivity contribution in [3.63, 3.8) is 0 Å². The lowest BCUT2D eigenvalue weighted by Crippen LogP contribution is -2.71. The zero-order valence-corrected chi connectivity index (χ0v) is 16.4. The Balaban J connectivity index is 1.61. The van der Waals surface area contributed by atoms with Crippen molar-refractivity contribution in [3.8, 4) is 0 Å². The van der Waals surface area contributed by atoms with Crippen LogP contribution in [0.4, 0.5) is 21.0 Å². The van der Waals surface area contributed by atoms with Gasteiger partial charge in [-0.15, -0.1) is 0 Å². The number of rotatable bonds is 4. The molecule has 0 radical (unpaired) electrons. The van der Waals surface area contributed by atoms with Gasteiger partial charge in [0.1, 0.15) is 0 Å². The van der Waals surface area contributed by atoms with Gasteiger partial charge in [0.25, 0.3) is 0 Å². The van der Waals surface area contributed by atoms with E-state index in [4.69, 9.17) is 0 Å². The highest BCUT2D eigenvalue weighted by molar-refractivity contribution is 5.95. The van der Waals surface area contributed by atoms with Crippen LogP contribution in [-0.2, 0) is 0 Å². The number of hydrogen-bond acceptors (Lipinski definition) is 3. The van der Waals surface area contributed by atoms with Crippen LogP contribution in [0.1, 0.15) is 24.8 Å². The number of urea groups is 2. The number of anilines is 2. The Bertz CT molecular complexity index is 889. The highest BCUT2D eigenvalue weighted by Gasteiger charge is 2.55. The molecule has 0 saturated carbocycles. The normalized spacial score (nSPS) is 22.2. The molecule has 2 aromatic carbocycles. The predicted molar refractivity (Wildman–Crippen MR) is 112 cm³/mol. The molecule has 3 N–H and O–H groups in total. The monoisotopic (exact) mass is 394 g/mol. The molecule has 2 aliphatic heterocycles. The summed E-state index contributed by atoms with van der Waals surface area (Å²) in [5.41, 5.74) is 2.55. The van der Waals surface area contributed by atoms with E-state index in [9.17, 15) is 14.7 Å². The van der Waals surface area contributed by atoms with Crippen LogP contribution < -0.4 is 15.5 Å². The van der Waals surface area contributed by atoms with Gasteiger partial charge in [-0.2, -0.15) is 0 Å². The van der Waals surface area contributed by atoms with Crippen molar-refractivity contribution in [2.75, 3.05) is 29.9 Å². The standard InChI is InChI=1S/C22H26N4O3/c1-2-12-23-21(28)25-13-18-20(16-10-6-7-11-17(16)25)19(14-27)26(18)22(29)24-15-8-4-3-5-9-15/h3-11,18-20,27H,2,12-14H2,1H3,(H,23,28)(H,24,29)/t18-,19+,20+/m0/s1. The highest BCUT2D eigenvalue weighted by Crippen LogP contribution is 2.48. The summed E-state index contributed by atoms with van der Waals surface area (Å²) in [5, 5.41) is 15.8. The fourth-order valence-electron chi connectivity index (χ4n) is 4.40. The molecule has 2 aromatic rings. The van der Waals surface area contributed by atoms with E-state index >= 15 is 0 Å². The third-order valence-electron chi connectivity index (χ3n) is 5.72. The predicted octanol–water partition coefficient (Wildman–Crippen LogP) is 2.99. The lowest BCUT2D eigenvalue weighted by molar-refractivity contribution is -0.00195. The first-order chi connectivity index (χ1) is 14.2. The Morgan fingerprint density at radius 2 is 1.79 bits per heavy atom. The summed E-state index contributed by atoms with van der Waals surface area (Å²) in [7, 11) is 0. The molecule has 29 heavy (non-hydrogen) atoms. The van der Waals surface area contributed by atoms with Gasteiger partial charge in [-0.3, -0.25) is 4.90 Å². The van der Waals surface area contributed by atoms with Crippen LogP contribution in [-0.4, -0.2) is 53.8 Å². The van der Waals surface area contributed by atoms with Gasteiger partial charge in [0.2, 0.25) is 0 Å². The Kier molecular flexibility index (Phi) is 5.40. The van der Waals surface area contributed by atoms with E-state index in [2.05, 4.69) is 10.6 Å². The van der Waals surface area contributed by atoms with Crippen LogP contribution in [0.3, 0.4) is 0 Å². The third-order valence-corrected chi connectivity index (χ3v) is 5.72. The Labute approximate surface area is 170 Å². The number of fused-ring (bicyclic) bond motifs is 3. The van der Waals surface area contributed by atoms with E-state index in [1.54, 1.807) is 9.80 Å². The van der Waals surface area contributed by atoms with Crippen molar-refractivity contribution in [2.45, 2.75) is 31.3 Å². The van der Waals surface area contributed by atoms with Gasteiger partial charge in [-0.05, 0) is 30.2 Å². The van der Waals surface area contributed by atoms with Gasteiger partial charge in [-0.1, -0.05) is 43.3 Å². The largest absolute Gasteiger partial charge is 0.394 e. The topological polar surface area (TPSA) is 84.9 Å². The maximum atomic E-state index is 13.0. The van der Waals surface area contributed by atoms with Gasteiger partial charge in [0.05, 0.1) is 18.7 Å². The number of aliphatic hydroxyl groups excluding tert-OH is 1. The van der Waals surface area contributed by atoms with Crippen molar-refractivity contribution in [2.24, 2.45) is 0 Å². The van der Waals surface area contributed by atoms with Crippen LogP contribution in [0.2, 0.25) is 0 Å². The average Bonchev–Trinajstić information content (AvgIpc) is 2.73. The molecule has 1 fully saturated rings. The average molecular weight is 394 g/mol. The lowest BCUT2D eigenvalue weighted by atomic mass is 9.72. The van der Waals surface area contributed by atoms with E-state index < -0.39 is 0 Å². The molecular formula is C22H26N4O3. The van der Waals surface area contributed by atoms with Gasteiger partial charge in [0, 0.05) is 30.4 Å². The van der Waals surface area contributed by atoms with Gasteiger partial charge in [-0.25, -0.2) is 9.59 Å². The molecule has 7 nitrogen and oxygen atoms in total. The maximum absolute atomic E-state index is 13.0. The number of nitrogens with one attached hydrogen (secondary N) is 2.